The van der Waals surface area contributed by atoms with Gasteiger partial charge in [-0.05, 0) is 11.6 Å². The predicted molar refractivity (Wildman–Crippen MR) is 120 cm³/mol. The van der Waals surface area contributed by atoms with E-state index in [0.717, 1.165) is 5.56 Å². The number of carbonyl (C=O) groups is 2. The van der Waals surface area contributed by atoms with Crippen LogP contribution in [0.3, 0.4) is 0 Å². The number of fused-ring (bicyclic) bond motifs is 2. The van der Waals surface area contributed by atoms with Crippen molar-refractivity contribution in [3.8, 4) is 5.75 Å². The molecule has 5 rings (SSSR count). The molecule has 1 N–H and O–H groups in total. The van der Waals surface area contributed by atoms with Gasteiger partial charge in [0.1, 0.15) is 12.4 Å². The molecule has 0 unspecified atom stereocenters. The molecule has 0 saturated heterocycles. The number of nitrogens with one attached hydrogen (secondary N) is 1. The van der Waals surface area contributed by atoms with Crippen LogP contribution in [0.25, 0.3) is 11.0 Å². The number of benzene rings is 2. The van der Waals surface area contributed by atoms with Crippen molar-refractivity contribution >= 4 is 28.5 Å². The Labute approximate surface area is 189 Å². The summed E-state index contributed by atoms with van der Waals surface area (Å²) in [7, 11) is 1.67. The Balaban J connectivity index is 1.30. The second-order valence-corrected chi connectivity index (χ2v) is 7.79. The minimum Gasteiger partial charge on any atom is -0.489 e. The zero-order chi connectivity index (χ0) is 22.8. The van der Waals surface area contributed by atoms with Crippen LogP contribution in [0.2, 0.25) is 0 Å². The Hall–Kier alpha value is -4.34. The van der Waals surface area contributed by atoms with Crippen molar-refractivity contribution in [1.29, 1.82) is 0 Å². The summed E-state index contributed by atoms with van der Waals surface area (Å²) in [6.07, 6.45) is 4.86. The van der Waals surface area contributed by atoms with Gasteiger partial charge in [0.25, 0.3) is 5.91 Å². The molecule has 2 aromatic heterocycles. The SMILES string of the molecule is CN1C(=O)C[C@@H](NC(=O)c2cn(Cc3ccccc3)nn2)COc2cc3nccnc3cc21. The van der Waals surface area contributed by atoms with Gasteiger partial charge in [0, 0.05) is 25.5 Å². The highest BCUT2D eigenvalue weighted by atomic mass is 16.5. The molecule has 3 heterocycles. The quantitative estimate of drug-likeness (QED) is 0.511. The highest BCUT2D eigenvalue weighted by Crippen LogP contribution is 2.33. The normalized spacial score (nSPS) is 16.0. The molecular weight excluding hydrogens is 422 g/mol. The van der Waals surface area contributed by atoms with Gasteiger partial charge in [0.15, 0.2) is 5.69 Å². The summed E-state index contributed by atoms with van der Waals surface area (Å²) in [5.74, 6) is -0.0593. The third kappa shape index (κ3) is 4.36. The zero-order valence-corrected chi connectivity index (χ0v) is 17.9. The Morgan fingerprint density at radius 1 is 1.15 bits per heavy atom. The van der Waals surface area contributed by atoms with Gasteiger partial charge in [-0.1, -0.05) is 35.5 Å². The van der Waals surface area contributed by atoms with Crippen LogP contribution < -0.4 is 15.0 Å². The van der Waals surface area contributed by atoms with Crippen molar-refractivity contribution in [2.24, 2.45) is 0 Å². The second-order valence-electron chi connectivity index (χ2n) is 7.79. The highest BCUT2D eigenvalue weighted by molar-refractivity contribution is 5.98. The number of anilines is 1. The molecule has 0 aliphatic carbocycles. The van der Waals surface area contributed by atoms with E-state index in [1.54, 1.807) is 42.5 Å². The lowest BCUT2D eigenvalue weighted by molar-refractivity contribution is -0.119. The van der Waals surface area contributed by atoms with Crippen molar-refractivity contribution in [1.82, 2.24) is 30.3 Å². The topological polar surface area (TPSA) is 115 Å². The molecule has 1 aliphatic rings. The number of hydrogen-bond donors (Lipinski definition) is 1. The summed E-state index contributed by atoms with van der Waals surface area (Å²) >= 11 is 0. The van der Waals surface area contributed by atoms with Crippen LogP contribution in [0.5, 0.6) is 5.75 Å². The number of amides is 2. The van der Waals surface area contributed by atoms with Crippen LogP contribution in [0.4, 0.5) is 5.69 Å². The van der Waals surface area contributed by atoms with Crippen LogP contribution in [-0.2, 0) is 11.3 Å². The van der Waals surface area contributed by atoms with E-state index in [4.69, 9.17) is 4.74 Å². The molecule has 1 aliphatic heterocycles. The molecule has 33 heavy (non-hydrogen) atoms. The standard InChI is InChI=1S/C23H21N7O3/c1-29-20-10-17-18(25-8-7-24-17)11-21(20)33-14-16(9-22(29)31)26-23(32)19-13-30(28-27-19)12-15-5-3-2-4-6-15/h2-8,10-11,13,16H,9,12,14H2,1H3,(H,26,32)/t16-/m1/s1. The summed E-state index contributed by atoms with van der Waals surface area (Å²) in [6.45, 7) is 0.632. The average molecular weight is 443 g/mol. The van der Waals surface area contributed by atoms with E-state index in [2.05, 4.69) is 25.6 Å². The van der Waals surface area contributed by atoms with Gasteiger partial charge in [-0.3, -0.25) is 19.6 Å². The third-order valence-electron chi connectivity index (χ3n) is 5.44. The molecule has 0 fully saturated rings. The fourth-order valence-electron chi connectivity index (χ4n) is 3.69. The lowest BCUT2D eigenvalue weighted by Gasteiger charge is -2.28. The molecule has 10 nitrogen and oxygen atoms in total. The van der Waals surface area contributed by atoms with Crippen LogP contribution in [0.1, 0.15) is 22.5 Å². The fourth-order valence-corrected chi connectivity index (χ4v) is 3.69. The van der Waals surface area contributed by atoms with Gasteiger partial charge in [0.05, 0.1) is 41.9 Å². The Morgan fingerprint density at radius 3 is 2.70 bits per heavy atom. The molecule has 0 saturated carbocycles. The lowest BCUT2D eigenvalue weighted by atomic mass is 10.1. The lowest BCUT2D eigenvalue weighted by Crippen LogP contribution is -2.44. The maximum Gasteiger partial charge on any atom is 0.273 e. The molecule has 10 heteroatoms. The highest BCUT2D eigenvalue weighted by Gasteiger charge is 2.27. The Morgan fingerprint density at radius 2 is 1.91 bits per heavy atom. The maximum atomic E-state index is 12.9. The van der Waals surface area contributed by atoms with Crippen molar-refractivity contribution in [3.05, 3.63) is 72.3 Å². The first-order valence-electron chi connectivity index (χ1n) is 10.5. The van der Waals surface area contributed by atoms with E-state index < -0.39 is 11.9 Å². The van der Waals surface area contributed by atoms with E-state index >= 15 is 0 Å². The summed E-state index contributed by atoms with van der Waals surface area (Å²) in [5.41, 5.74) is 3.17. The third-order valence-corrected chi connectivity index (χ3v) is 5.44. The Bertz CT molecular complexity index is 1320. The molecule has 2 aromatic carbocycles. The molecule has 2 amide bonds. The zero-order valence-electron chi connectivity index (χ0n) is 17.9. The summed E-state index contributed by atoms with van der Waals surface area (Å²) in [6, 6.07) is 12.8. The van der Waals surface area contributed by atoms with Crippen molar-refractivity contribution in [2.75, 3.05) is 18.6 Å². The largest absolute Gasteiger partial charge is 0.489 e. The van der Waals surface area contributed by atoms with Gasteiger partial charge in [-0.15, -0.1) is 5.10 Å². The first-order valence-corrected chi connectivity index (χ1v) is 10.5. The van der Waals surface area contributed by atoms with Crippen LogP contribution in [0, 0.1) is 0 Å². The number of rotatable bonds is 4. The van der Waals surface area contributed by atoms with E-state index in [0.29, 0.717) is 29.0 Å². The first kappa shape index (κ1) is 20.6. The minimum absolute atomic E-state index is 0.0817. The molecule has 0 spiro atoms. The number of aromatic nitrogens is 5. The van der Waals surface area contributed by atoms with E-state index in [1.807, 2.05) is 30.3 Å². The fraction of sp³-hybridized carbons (Fsp3) is 0.217. The van der Waals surface area contributed by atoms with Gasteiger partial charge < -0.3 is 15.0 Å². The van der Waals surface area contributed by atoms with E-state index in [1.165, 1.54) is 4.90 Å². The Kier molecular flexibility index (Phi) is 5.39. The van der Waals surface area contributed by atoms with E-state index in [-0.39, 0.29) is 24.6 Å². The van der Waals surface area contributed by atoms with Gasteiger partial charge in [0.2, 0.25) is 5.91 Å². The molecule has 4 aromatic rings. The number of ether oxygens (including phenoxy) is 1. The van der Waals surface area contributed by atoms with Crippen LogP contribution >= 0.6 is 0 Å². The molecule has 0 bridgehead atoms. The molecule has 1 atom stereocenters. The number of hydrogen-bond acceptors (Lipinski definition) is 7. The van der Waals surface area contributed by atoms with Crippen molar-refractivity contribution < 1.29 is 14.3 Å². The number of nitrogens with zero attached hydrogens (tertiary/aromatic N) is 6. The molecular formula is C23H21N7O3. The van der Waals surface area contributed by atoms with Crippen LogP contribution in [0.15, 0.2) is 61.1 Å². The van der Waals surface area contributed by atoms with Gasteiger partial charge >= 0.3 is 0 Å². The van der Waals surface area contributed by atoms with Gasteiger partial charge in [-0.2, -0.15) is 0 Å². The average Bonchev–Trinajstić information content (AvgIpc) is 3.30. The van der Waals surface area contributed by atoms with Crippen molar-refractivity contribution in [2.45, 2.75) is 19.0 Å². The molecule has 166 valence electrons. The maximum absolute atomic E-state index is 12.9. The summed E-state index contributed by atoms with van der Waals surface area (Å²) in [4.78, 5) is 35.7. The second kappa shape index (κ2) is 8.65. The summed E-state index contributed by atoms with van der Waals surface area (Å²) < 4.78 is 7.57. The monoisotopic (exact) mass is 443 g/mol. The smallest absolute Gasteiger partial charge is 0.273 e. The van der Waals surface area contributed by atoms with Crippen LogP contribution in [-0.4, -0.2) is 56.5 Å². The minimum atomic E-state index is -0.530. The van der Waals surface area contributed by atoms with Gasteiger partial charge in [-0.25, -0.2) is 4.68 Å². The molecule has 0 radical (unpaired) electrons. The number of carbonyl (C=O) groups excluding carboxylic acids is 2. The first-order chi connectivity index (χ1) is 16.1. The summed E-state index contributed by atoms with van der Waals surface area (Å²) in [5, 5.41) is 10.8. The van der Waals surface area contributed by atoms with E-state index in [9.17, 15) is 9.59 Å². The predicted octanol–water partition coefficient (Wildman–Crippen LogP) is 1.81. The van der Waals surface area contributed by atoms with Crippen molar-refractivity contribution in [3.63, 3.8) is 0 Å².